The van der Waals surface area contributed by atoms with E-state index in [1.807, 2.05) is 15.5 Å². The number of nitrogens with zero attached hydrogens (tertiary/aromatic N) is 4. The van der Waals surface area contributed by atoms with Gasteiger partial charge >= 0.3 is 0 Å². The number of imidazole rings is 1. The first-order chi connectivity index (χ1) is 13.1. The van der Waals surface area contributed by atoms with E-state index < -0.39 is 0 Å². The maximum absolute atomic E-state index is 12.3. The van der Waals surface area contributed by atoms with Gasteiger partial charge in [-0.15, -0.1) is 0 Å². The van der Waals surface area contributed by atoms with Gasteiger partial charge in [-0.05, 0) is 31.9 Å². The summed E-state index contributed by atoms with van der Waals surface area (Å²) in [6.07, 6.45) is 3.20. The maximum atomic E-state index is 12.3. The molecule has 27 heavy (non-hydrogen) atoms. The number of carbonyl (C=O) groups is 1. The Bertz CT molecular complexity index is 980. The molecule has 3 aromatic rings. The van der Waals surface area contributed by atoms with E-state index in [9.17, 15) is 4.79 Å². The summed E-state index contributed by atoms with van der Waals surface area (Å²) in [6.45, 7) is 5.04. The summed E-state index contributed by atoms with van der Waals surface area (Å²) in [5.74, 6) is 0.249. The number of amides is 1. The molecule has 6 heteroatoms. The third-order valence-electron chi connectivity index (χ3n) is 5.31. The zero-order chi connectivity index (χ0) is 19.0. The van der Waals surface area contributed by atoms with Gasteiger partial charge in [0.25, 0.3) is 0 Å². The van der Waals surface area contributed by atoms with Crippen LogP contribution >= 0.6 is 11.6 Å². The van der Waals surface area contributed by atoms with Crippen molar-refractivity contribution in [3.63, 3.8) is 0 Å². The van der Waals surface area contributed by atoms with Crippen LogP contribution in [0.15, 0.2) is 36.4 Å². The van der Waals surface area contributed by atoms with E-state index >= 15 is 0 Å². The van der Waals surface area contributed by atoms with Crippen LogP contribution in [0.25, 0.3) is 16.9 Å². The Balaban J connectivity index is 1.81. The number of benzene rings is 1. The number of rotatable bonds is 5. The number of fused-ring (bicyclic) bond motifs is 1. The van der Waals surface area contributed by atoms with Crippen molar-refractivity contribution in [3.05, 3.63) is 52.8 Å². The summed E-state index contributed by atoms with van der Waals surface area (Å²) >= 11 is 6.16. The fourth-order valence-electron chi connectivity index (χ4n) is 3.84. The minimum absolute atomic E-state index is 0.143. The summed E-state index contributed by atoms with van der Waals surface area (Å²) < 4.78 is 1.83. The van der Waals surface area contributed by atoms with Crippen molar-refractivity contribution in [1.82, 2.24) is 19.5 Å². The van der Waals surface area contributed by atoms with Crippen LogP contribution in [0, 0.1) is 6.92 Å². The van der Waals surface area contributed by atoms with Crippen LogP contribution < -0.4 is 0 Å². The van der Waals surface area contributed by atoms with Crippen LogP contribution in [0.4, 0.5) is 0 Å². The Morgan fingerprint density at radius 3 is 2.63 bits per heavy atom. The summed E-state index contributed by atoms with van der Waals surface area (Å²) in [7, 11) is 0. The maximum Gasteiger partial charge on any atom is 0.222 e. The summed E-state index contributed by atoms with van der Waals surface area (Å²) in [5, 5.41) is 4.92. The Morgan fingerprint density at radius 2 is 1.96 bits per heavy atom. The first-order valence-electron chi connectivity index (χ1n) is 9.47. The van der Waals surface area contributed by atoms with Gasteiger partial charge in [0.15, 0.2) is 5.65 Å². The van der Waals surface area contributed by atoms with Crippen molar-refractivity contribution < 1.29 is 4.79 Å². The average molecular weight is 383 g/mol. The molecule has 140 valence electrons. The van der Waals surface area contributed by atoms with Gasteiger partial charge in [0, 0.05) is 31.0 Å². The second-order valence-corrected chi connectivity index (χ2v) is 7.54. The molecule has 5 nitrogen and oxygen atoms in total. The third kappa shape index (κ3) is 3.44. The molecular formula is C21H23ClN4O. The highest BCUT2D eigenvalue weighted by atomic mass is 35.5. The predicted octanol–water partition coefficient (Wildman–Crippen LogP) is 4.30. The first-order valence-corrected chi connectivity index (χ1v) is 9.85. The number of aryl methyl sites for hydroxylation is 1. The number of aromatic nitrogens is 3. The zero-order valence-corrected chi connectivity index (χ0v) is 16.4. The Labute approximate surface area is 164 Å². The van der Waals surface area contributed by atoms with Crippen LogP contribution in [0.1, 0.15) is 37.4 Å². The lowest BCUT2D eigenvalue weighted by Crippen LogP contribution is -2.37. The summed E-state index contributed by atoms with van der Waals surface area (Å²) in [4.78, 5) is 19.1. The molecule has 1 aliphatic rings. The molecule has 0 radical (unpaired) electrons. The summed E-state index contributed by atoms with van der Waals surface area (Å²) in [5.41, 5.74) is 4.95. The van der Waals surface area contributed by atoms with Gasteiger partial charge in [0.1, 0.15) is 5.15 Å². The molecule has 1 atom stereocenters. The zero-order valence-electron chi connectivity index (χ0n) is 15.7. The van der Waals surface area contributed by atoms with Gasteiger partial charge in [-0.2, -0.15) is 5.10 Å². The number of carbonyl (C=O) groups excluding carboxylic acids is 1. The molecule has 1 fully saturated rings. The molecule has 1 amide bonds. The highest BCUT2D eigenvalue weighted by Crippen LogP contribution is 2.28. The van der Waals surface area contributed by atoms with Crippen molar-refractivity contribution in [2.45, 2.75) is 45.6 Å². The molecule has 2 aromatic heterocycles. The van der Waals surface area contributed by atoms with E-state index in [1.165, 1.54) is 5.56 Å². The molecular weight excluding hydrogens is 360 g/mol. The minimum atomic E-state index is 0.143. The van der Waals surface area contributed by atoms with Gasteiger partial charge in [-0.3, -0.25) is 4.79 Å². The minimum Gasteiger partial charge on any atom is -0.339 e. The van der Waals surface area contributed by atoms with Crippen molar-refractivity contribution in [1.29, 1.82) is 0 Å². The molecule has 3 heterocycles. The largest absolute Gasteiger partial charge is 0.339 e. The molecule has 0 bridgehead atoms. The second kappa shape index (κ2) is 7.31. The smallest absolute Gasteiger partial charge is 0.222 e. The van der Waals surface area contributed by atoms with E-state index in [1.54, 1.807) is 6.07 Å². The van der Waals surface area contributed by atoms with Gasteiger partial charge in [0.05, 0.1) is 11.4 Å². The topological polar surface area (TPSA) is 50.5 Å². The first kappa shape index (κ1) is 18.0. The SMILES string of the molecule is CCC(Cc1c(-c2ccc(C)cc2)nc2ccc(Cl)nn12)N1CCCC1=O. The quantitative estimate of drug-likeness (QED) is 0.661. The third-order valence-corrected chi connectivity index (χ3v) is 5.52. The van der Waals surface area contributed by atoms with Crippen molar-refractivity contribution in [2.24, 2.45) is 0 Å². The van der Waals surface area contributed by atoms with Crippen molar-refractivity contribution in [3.8, 4) is 11.3 Å². The van der Waals surface area contributed by atoms with E-state index in [-0.39, 0.29) is 11.9 Å². The van der Waals surface area contributed by atoms with Crippen molar-refractivity contribution in [2.75, 3.05) is 6.54 Å². The lowest BCUT2D eigenvalue weighted by molar-refractivity contribution is -0.129. The van der Waals surface area contributed by atoms with Crippen molar-refractivity contribution >= 4 is 23.2 Å². The molecule has 1 unspecified atom stereocenters. The molecule has 0 spiro atoms. The molecule has 0 N–H and O–H groups in total. The number of likely N-dealkylation sites (tertiary alicyclic amines) is 1. The normalized spacial score (nSPS) is 15.7. The van der Waals surface area contributed by atoms with Crippen LogP contribution in [-0.2, 0) is 11.2 Å². The van der Waals surface area contributed by atoms with Gasteiger partial charge in [0.2, 0.25) is 5.91 Å². The van der Waals surface area contributed by atoms with E-state index in [4.69, 9.17) is 16.6 Å². The van der Waals surface area contributed by atoms with E-state index in [2.05, 4.69) is 43.2 Å². The molecule has 1 saturated heterocycles. The highest BCUT2D eigenvalue weighted by Gasteiger charge is 2.29. The molecule has 1 aliphatic heterocycles. The summed E-state index contributed by atoms with van der Waals surface area (Å²) in [6, 6.07) is 12.1. The van der Waals surface area contributed by atoms with Gasteiger partial charge in [-0.25, -0.2) is 9.50 Å². The lowest BCUT2D eigenvalue weighted by Gasteiger charge is -2.27. The van der Waals surface area contributed by atoms with E-state index in [0.717, 1.165) is 42.0 Å². The van der Waals surface area contributed by atoms with Crippen LogP contribution in [-0.4, -0.2) is 38.0 Å². The van der Waals surface area contributed by atoms with Crippen LogP contribution in [0.5, 0.6) is 0 Å². The number of halogens is 1. The van der Waals surface area contributed by atoms with E-state index in [0.29, 0.717) is 18.0 Å². The average Bonchev–Trinajstić information content (AvgIpc) is 3.24. The monoisotopic (exact) mass is 382 g/mol. The molecule has 0 aliphatic carbocycles. The molecule has 0 saturated carbocycles. The van der Waals surface area contributed by atoms with Gasteiger partial charge in [-0.1, -0.05) is 48.4 Å². The Morgan fingerprint density at radius 1 is 1.19 bits per heavy atom. The standard InChI is InChI=1S/C21H23ClN4O/c1-3-16(25-12-4-5-20(25)27)13-17-21(15-8-6-14(2)7-9-15)23-19-11-10-18(22)24-26(17)19/h6-11,16H,3-5,12-13H2,1-2H3. The fourth-order valence-corrected chi connectivity index (χ4v) is 3.97. The molecule has 4 rings (SSSR count). The van der Waals surface area contributed by atoms with Crippen LogP contribution in [0.3, 0.4) is 0 Å². The number of hydrogen-bond acceptors (Lipinski definition) is 3. The predicted molar refractivity (Wildman–Crippen MR) is 107 cm³/mol. The van der Waals surface area contributed by atoms with Crippen LogP contribution in [0.2, 0.25) is 5.15 Å². The number of hydrogen-bond donors (Lipinski definition) is 0. The Hall–Kier alpha value is -2.40. The molecule has 1 aromatic carbocycles. The van der Waals surface area contributed by atoms with Gasteiger partial charge < -0.3 is 4.90 Å². The lowest BCUT2D eigenvalue weighted by atomic mass is 10.0. The second-order valence-electron chi connectivity index (χ2n) is 7.16. The fraction of sp³-hybridized carbons (Fsp3) is 0.381. The Kier molecular flexibility index (Phi) is 4.87. The highest BCUT2D eigenvalue weighted by molar-refractivity contribution is 6.29.